The maximum atomic E-state index is 6.31. The fraction of sp³-hybridized carbons (Fsp3) is 0.412. The monoisotopic (exact) mass is 286 g/mol. The highest BCUT2D eigenvalue weighted by atomic mass is 32.1. The van der Waals surface area contributed by atoms with E-state index in [2.05, 4.69) is 47.5 Å². The molecule has 1 aromatic heterocycles. The Hall–Kier alpha value is -1.16. The highest BCUT2D eigenvalue weighted by Gasteiger charge is 2.17. The second-order valence-electron chi connectivity index (χ2n) is 5.70. The molecular formula is C17H22N2S. The van der Waals surface area contributed by atoms with E-state index in [0.29, 0.717) is 0 Å². The molecule has 2 N–H and O–H groups in total. The number of rotatable bonds is 4. The van der Waals surface area contributed by atoms with Gasteiger partial charge in [0.05, 0.1) is 0 Å². The average Bonchev–Trinajstić information content (AvgIpc) is 2.93. The number of nitrogens with two attached hydrogens (primary N) is 1. The third-order valence-corrected chi connectivity index (χ3v) is 5.17. The molecule has 0 spiro atoms. The smallest absolute Gasteiger partial charge is 0.0307 e. The summed E-state index contributed by atoms with van der Waals surface area (Å²) in [6.45, 7) is 5.47. The summed E-state index contributed by atoms with van der Waals surface area (Å²) in [7, 11) is 0. The van der Waals surface area contributed by atoms with Crippen LogP contribution in [-0.4, -0.2) is 18.0 Å². The molecule has 0 fully saturated rings. The quantitative estimate of drug-likeness (QED) is 0.932. The zero-order chi connectivity index (χ0) is 13.9. The third-order valence-electron chi connectivity index (χ3n) is 4.15. The Labute approximate surface area is 125 Å². The summed E-state index contributed by atoms with van der Waals surface area (Å²) in [6, 6.07) is 11.0. The van der Waals surface area contributed by atoms with Crippen molar-refractivity contribution in [1.82, 2.24) is 4.90 Å². The third kappa shape index (κ3) is 3.11. The van der Waals surface area contributed by atoms with Gasteiger partial charge < -0.3 is 5.73 Å². The molecule has 106 valence electrons. The zero-order valence-electron chi connectivity index (χ0n) is 12.0. The molecule has 1 aliphatic heterocycles. The van der Waals surface area contributed by atoms with Gasteiger partial charge in [0, 0.05) is 30.6 Å². The fourth-order valence-electron chi connectivity index (χ4n) is 2.80. The normalized spacial score (nSPS) is 16.9. The summed E-state index contributed by atoms with van der Waals surface area (Å²) in [6.07, 6.45) is 2.23. The van der Waals surface area contributed by atoms with Crippen LogP contribution in [0.15, 0.2) is 35.7 Å². The van der Waals surface area contributed by atoms with Crippen molar-refractivity contribution in [2.75, 3.05) is 13.1 Å². The SMILES string of the molecule is Cc1ccc(C(N)CCN2CCc3sccc3C2)cc1. The number of nitrogens with zero attached hydrogens (tertiary/aromatic N) is 1. The first-order chi connectivity index (χ1) is 9.72. The van der Waals surface area contributed by atoms with Crippen LogP contribution in [0.25, 0.3) is 0 Å². The number of fused-ring (bicyclic) bond motifs is 1. The van der Waals surface area contributed by atoms with E-state index < -0.39 is 0 Å². The Morgan fingerprint density at radius 2 is 2.05 bits per heavy atom. The van der Waals surface area contributed by atoms with Gasteiger partial charge in [-0.25, -0.2) is 0 Å². The molecule has 1 aromatic carbocycles. The van der Waals surface area contributed by atoms with Crippen molar-refractivity contribution < 1.29 is 0 Å². The number of hydrogen-bond donors (Lipinski definition) is 1. The molecule has 1 aliphatic rings. The summed E-state index contributed by atoms with van der Waals surface area (Å²) in [5.74, 6) is 0. The van der Waals surface area contributed by atoms with Crippen LogP contribution in [0.2, 0.25) is 0 Å². The van der Waals surface area contributed by atoms with Crippen molar-refractivity contribution in [2.45, 2.75) is 32.4 Å². The lowest BCUT2D eigenvalue weighted by Crippen LogP contribution is -2.32. The maximum absolute atomic E-state index is 6.31. The van der Waals surface area contributed by atoms with E-state index >= 15 is 0 Å². The first-order valence-electron chi connectivity index (χ1n) is 7.32. The molecule has 0 radical (unpaired) electrons. The standard InChI is InChI=1S/C17H22N2S/c1-13-2-4-14(5-3-13)16(18)6-9-19-10-7-17-15(12-19)8-11-20-17/h2-5,8,11,16H,6-7,9-10,12,18H2,1H3. The minimum absolute atomic E-state index is 0.152. The minimum Gasteiger partial charge on any atom is -0.324 e. The molecule has 2 aromatic rings. The van der Waals surface area contributed by atoms with Gasteiger partial charge >= 0.3 is 0 Å². The second kappa shape index (κ2) is 6.08. The first kappa shape index (κ1) is 13.8. The van der Waals surface area contributed by atoms with Gasteiger partial charge in [-0.05, 0) is 42.3 Å². The number of benzene rings is 1. The van der Waals surface area contributed by atoms with Crippen LogP contribution in [0.5, 0.6) is 0 Å². The Morgan fingerprint density at radius 1 is 1.25 bits per heavy atom. The van der Waals surface area contributed by atoms with Gasteiger partial charge in [0.15, 0.2) is 0 Å². The molecule has 0 aliphatic carbocycles. The summed E-state index contributed by atoms with van der Waals surface area (Å²) in [5, 5.41) is 2.21. The van der Waals surface area contributed by atoms with Gasteiger partial charge in [-0.1, -0.05) is 29.8 Å². The van der Waals surface area contributed by atoms with E-state index in [9.17, 15) is 0 Å². The first-order valence-corrected chi connectivity index (χ1v) is 8.20. The predicted octanol–water partition coefficient (Wildman–Crippen LogP) is 3.50. The van der Waals surface area contributed by atoms with E-state index in [4.69, 9.17) is 5.73 Å². The Bertz CT molecular complexity index is 559. The predicted molar refractivity (Wildman–Crippen MR) is 86.0 cm³/mol. The molecule has 0 saturated carbocycles. The minimum atomic E-state index is 0.152. The van der Waals surface area contributed by atoms with Crippen molar-refractivity contribution in [3.63, 3.8) is 0 Å². The number of aryl methyl sites for hydroxylation is 1. The van der Waals surface area contributed by atoms with Gasteiger partial charge in [-0.3, -0.25) is 4.90 Å². The second-order valence-corrected chi connectivity index (χ2v) is 6.70. The molecule has 3 heteroatoms. The molecule has 0 amide bonds. The topological polar surface area (TPSA) is 29.3 Å². The lowest BCUT2D eigenvalue weighted by molar-refractivity contribution is 0.246. The average molecular weight is 286 g/mol. The van der Waals surface area contributed by atoms with E-state index in [-0.39, 0.29) is 6.04 Å². The number of thiophene rings is 1. The molecular weight excluding hydrogens is 264 g/mol. The lowest BCUT2D eigenvalue weighted by atomic mass is 10.0. The van der Waals surface area contributed by atoms with E-state index in [1.807, 2.05) is 11.3 Å². The van der Waals surface area contributed by atoms with Crippen molar-refractivity contribution in [3.8, 4) is 0 Å². The van der Waals surface area contributed by atoms with Gasteiger partial charge in [-0.2, -0.15) is 0 Å². The molecule has 0 bridgehead atoms. The summed E-state index contributed by atoms with van der Waals surface area (Å²) in [5.41, 5.74) is 10.4. The Balaban J connectivity index is 1.54. The van der Waals surface area contributed by atoms with Crippen LogP contribution in [0.3, 0.4) is 0 Å². The van der Waals surface area contributed by atoms with E-state index in [1.54, 1.807) is 4.88 Å². The number of hydrogen-bond acceptors (Lipinski definition) is 3. The Kier molecular flexibility index (Phi) is 4.20. The van der Waals surface area contributed by atoms with Crippen molar-refractivity contribution >= 4 is 11.3 Å². The van der Waals surface area contributed by atoms with Crippen LogP contribution in [0.4, 0.5) is 0 Å². The van der Waals surface area contributed by atoms with Crippen LogP contribution in [0, 0.1) is 6.92 Å². The molecule has 2 nitrogen and oxygen atoms in total. The molecule has 1 atom stereocenters. The van der Waals surface area contributed by atoms with Gasteiger partial charge in [0.2, 0.25) is 0 Å². The molecule has 20 heavy (non-hydrogen) atoms. The Morgan fingerprint density at radius 3 is 2.85 bits per heavy atom. The van der Waals surface area contributed by atoms with Crippen LogP contribution >= 0.6 is 11.3 Å². The van der Waals surface area contributed by atoms with Gasteiger partial charge in [0.1, 0.15) is 0 Å². The van der Waals surface area contributed by atoms with E-state index in [0.717, 1.165) is 19.5 Å². The van der Waals surface area contributed by atoms with Gasteiger partial charge in [0.25, 0.3) is 0 Å². The van der Waals surface area contributed by atoms with Gasteiger partial charge in [-0.15, -0.1) is 11.3 Å². The zero-order valence-corrected chi connectivity index (χ0v) is 12.8. The summed E-state index contributed by atoms with van der Waals surface area (Å²) in [4.78, 5) is 4.10. The van der Waals surface area contributed by atoms with Crippen molar-refractivity contribution in [1.29, 1.82) is 0 Å². The maximum Gasteiger partial charge on any atom is 0.0307 e. The molecule has 3 rings (SSSR count). The van der Waals surface area contributed by atoms with Crippen molar-refractivity contribution in [2.24, 2.45) is 5.73 Å². The molecule has 1 unspecified atom stereocenters. The van der Waals surface area contributed by atoms with Crippen LogP contribution < -0.4 is 5.73 Å². The highest BCUT2D eigenvalue weighted by molar-refractivity contribution is 7.10. The molecule has 0 saturated heterocycles. The van der Waals surface area contributed by atoms with Crippen molar-refractivity contribution in [3.05, 3.63) is 57.3 Å². The lowest BCUT2D eigenvalue weighted by Gasteiger charge is -2.27. The summed E-state index contributed by atoms with van der Waals surface area (Å²) >= 11 is 1.90. The van der Waals surface area contributed by atoms with E-state index in [1.165, 1.54) is 29.7 Å². The fourth-order valence-corrected chi connectivity index (χ4v) is 3.69. The highest BCUT2D eigenvalue weighted by Crippen LogP contribution is 2.24. The summed E-state index contributed by atoms with van der Waals surface area (Å²) < 4.78 is 0. The molecule has 2 heterocycles. The van der Waals surface area contributed by atoms with Crippen LogP contribution in [-0.2, 0) is 13.0 Å². The largest absolute Gasteiger partial charge is 0.324 e. The van der Waals surface area contributed by atoms with Crippen LogP contribution in [0.1, 0.15) is 34.0 Å².